The van der Waals surface area contributed by atoms with Crippen molar-refractivity contribution in [3.63, 3.8) is 0 Å². The van der Waals surface area contributed by atoms with E-state index in [1.165, 1.54) is 0 Å². The molecule has 23 heavy (non-hydrogen) atoms. The third-order valence-electron chi connectivity index (χ3n) is 3.77. The molecule has 7 heteroatoms. The first-order valence-electron chi connectivity index (χ1n) is 7.88. The average Bonchev–Trinajstić information content (AvgIpc) is 3.03. The second-order valence-electron chi connectivity index (χ2n) is 6.95. The normalized spacial score (nSPS) is 23.1. The van der Waals surface area contributed by atoms with Crippen LogP contribution in [0.2, 0.25) is 0 Å². The molecule has 2 heterocycles. The van der Waals surface area contributed by atoms with Crippen molar-refractivity contribution in [2.75, 3.05) is 20.2 Å². The number of carbonyl (C=O) groups is 1. The number of methoxy groups -OCH3 is 1. The fraction of sp³-hybridized carbons (Fsp3) is 0.750. The summed E-state index contributed by atoms with van der Waals surface area (Å²) in [5.41, 5.74) is 0.536. The van der Waals surface area contributed by atoms with Gasteiger partial charge in [0.2, 0.25) is 0 Å². The number of aryl methyl sites for hydroxylation is 1. The lowest BCUT2D eigenvalue weighted by atomic mass is 10.1. The van der Waals surface area contributed by atoms with E-state index in [1.54, 1.807) is 23.3 Å². The molecule has 1 saturated heterocycles. The Bertz CT molecular complexity index is 541. The van der Waals surface area contributed by atoms with Crippen LogP contribution in [0, 0.1) is 6.92 Å². The molecule has 2 unspecified atom stereocenters. The zero-order valence-electron chi connectivity index (χ0n) is 14.8. The van der Waals surface area contributed by atoms with Gasteiger partial charge in [-0.3, -0.25) is 0 Å². The quantitative estimate of drug-likeness (QED) is 0.912. The molecule has 1 N–H and O–H groups in total. The van der Waals surface area contributed by atoms with Crippen LogP contribution < -0.4 is 5.32 Å². The first-order valence-corrected chi connectivity index (χ1v) is 8.76. The molecule has 0 spiro atoms. The maximum absolute atomic E-state index is 12.2. The van der Waals surface area contributed by atoms with Crippen molar-refractivity contribution in [3.05, 3.63) is 16.1 Å². The number of rotatable bonds is 4. The second-order valence-corrected chi connectivity index (χ2v) is 8.01. The zero-order valence-corrected chi connectivity index (χ0v) is 15.6. The third-order valence-corrected chi connectivity index (χ3v) is 4.56. The minimum Gasteiger partial charge on any atom is -0.444 e. The molecular weight excluding hydrogens is 314 g/mol. The van der Waals surface area contributed by atoms with Crippen molar-refractivity contribution in [3.8, 4) is 0 Å². The van der Waals surface area contributed by atoms with Gasteiger partial charge in [0, 0.05) is 25.1 Å². The lowest BCUT2D eigenvalue weighted by molar-refractivity contribution is 0.0252. The van der Waals surface area contributed by atoms with Crippen LogP contribution in [0.3, 0.4) is 0 Å². The van der Waals surface area contributed by atoms with E-state index in [0.717, 1.165) is 10.7 Å². The van der Waals surface area contributed by atoms with Gasteiger partial charge in [-0.15, -0.1) is 11.3 Å². The molecule has 1 aliphatic heterocycles. The molecule has 3 atom stereocenters. The second kappa shape index (κ2) is 7.15. The first kappa shape index (κ1) is 18.2. The Morgan fingerprint density at radius 2 is 2.17 bits per heavy atom. The SMILES string of the molecule is CO[C@H]1CN(C(=O)OC(C)(C)C)CC1NC(C)c1csc(C)n1. The van der Waals surface area contributed by atoms with Crippen molar-refractivity contribution in [2.45, 2.75) is 58.4 Å². The molecule has 1 fully saturated rings. The monoisotopic (exact) mass is 341 g/mol. The number of carbonyl (C=O) groups excluding carboxylic acids is 1. The number of ether oxygens (including phenoxy) is 2. The summed E-state index contributed by atoms with van der Waals surface area (Å²) >= 11 is 1.64. The maximum atomic E-state index is 12.2. The Kier molecular flexibility index (Phi) is 5.65. The molecule has 0 bridgehead atoms. The molecular formula is C16H27N3O3S. The van der Waals surface area contributed by atoms with E-state index < -0.39 is 5.60 Å². The van der Waals surface area contributed by atoms with Gasteiger partial charge in [-0.25, -0.2) is 9.78 Å². The summed E-state index contributed by atoms with van der Waals surface area (Å²) in [4.78, 5) is 18.5. The highest BCUT2D eigenvalue weighted by Crippen LogP contribution is 2.21. The van der Waals surface area contributed by atoms with E-state index in [-0.39, 0.29) is 24.3 Å². The molecule has 1 amide bonds. The minimum atomic E-state index is -0.490. The summed E-state index contributed by atoms with van der Waals surface area (Å²) < 4.78 is 11.0. The van der Waals surface area contributed by atoms with Crippen molar-refractivity contribution in [1.82, 2.24) is 15.2 Å². The summed E-state index contributed by atoms with van der Waals surface area (Å²) in [5.74, 6) is 0. The van der Waals surface area contributed by atoms with E-state index in [0.29, 0.717) is 13.1 Å². The van der Waals surface area contributed by atoms with Gasteiger partial charge in [0.25, 0.3) is 0 Å². The van der Waals surface area contributed by atoms with Crippen LogP contribution >= 0.6 is 11.3 Å². The first-order chi connectivity index (χ1) is 10.7. The van der Waals surface area contributed by atoms with Crippen LogP contribution in [0.15, 0.2) is 5.38 Å². The molecule has 0 radical (unpaired) electrons. The van der Waals surface area contributed by atoms with Crippen molar-refractivity contribution < 1.29 is 14.3 Å². The van der Waals surface area contributed by atoms with Crippen LogP contribution in [0.4, 0.5) is 4.79 Å². The Hall–Kier alpha value is -1.18. The van der Waals surface area contributed by atoms with E-state index in [4.69, 9.17) is 9.47 Å². The largest absolute Gasteiger partial charge is 0.444 e. The van der Waals surface area contributed by atoms with Gasteiger partial charge in [0.05, 0.1) is 29.4 Å². The molecule has 6 nitrogen and oxygen atoms in total. The van der Waals surface area contributed by atoms with Gasteiger partial charge in [0.15, 0.2) is 0 Å². The summed E-state index contributed by atoms with van der Waals surface area (Å²) in [7, 11) is 1.68. The molecule has 0 aromatic carbocycles. The number of amides is 1. The molecule has 130 valence electrons. The van der Waals surface area contributed by atoms with Crippen LogP contribution in [0.5, 0.6) is 0 Å². The van der Waals surface area contributed by atoms with Gasteiger partial charge >= 0.3 is 6.09 Å². The Morgan fingerprint density at radius 1 is 1.48 bits per heavy atom. The van der Waals surface area contributed by atoms with Gasteiger partial charge in [-0.2, -0.15) is 0 Å². The summed E-state index contributed by atoms with van der Waals surface area (Å²) in [6, 6.07) is 0.172. The fourth-order valence-electron chi connectivity index (χ4n) is 2.63. The van der Waals surface area contributed by atoms with Crippen LogP contribution in [0.1, 0.15) is 44.4 Å². The number of likely N-dealkylation sites (tertiary alicyclic amines) is 1. The highest BCUT2D eigenvalue weighted by Gasteiger charge is 2.38. The highest BCUT2D eigenvalue weighted by molar-refractivity contribution is 7.09. The van der Waals surface area contributed by atoms with E-state index in [1.807, 2.05) is 27.7 Å². The summed E-state index contributed by atoms with van der Waals surface area (Å²) in [6.45, 7) is 10.8. The Labute approximate surface area is 142 Å². The highest BCUT2D eigenvalue weighted by atomic mass is 32.1. The van der Waals surface area contributed by atoms with E-state index in [9.17, 15) is 4.79 Å². The molecule has 1 aromatic heterocycles. The topological polar surface area (TPSA) is 63.7 Å². The number of aromatic nitrogens is 1. The van der Waals surface area contributed by atoms with Crippen LogP contribution in [-0.4, -0.2) is 53.9 Å². The van der Waals surface area contributed by atoms with Gasteiger partial charge < -0.3 is 19.7 Å². The predicted molar refractivity (Wildman–Crippen MR) is 90.8 cm³/mol. The standard InChI is InChI=1S/C16H27N3O3S/c1-10(13-9-23-11(2)18-13)17-12-7-19(8-14(12)21-6)15(20)22-16(3,4)5/h9-10,12,14,17H,7-8H2,1-6H3/t10?,12?,14-/m0/s1. The lowest BCUT2D eigenvalue weighted by Gasteiger charge is -2.24. The molecule has 1 aromatic rings. The average molecular weight is 341 g/mol. The smallest absolute Gasteiger partial charge is 0.410 e. The Balaban J connectivity index is 1.97. The van der Waals surface area contributed by atoms with Crippen molar-refractivity contribution in [1.29, 1.82) is 0 Å². The number of nitrogens with one attached hydrogen (secondary N) is 1. The molecule has 1 aliphatic rings. The molecule has 2 rings (SSSR count). The molecule has 0 saturated carbocycles. The number of hydrogen-bond acceptors (Lipinski definition) is 6. The zero-order chi connectivity index (χ0) is 17.2. The van der Waals surface area contributed by atoms with Gasteiger partial charge in [-0.05, 0) is 34.6 Å². The number of nitrogens with zero attached hydrogens (tertiary/aromatic N) is 2. The summed E-state index contributed by atoms with van der Waals surface area (Å²) in [6.07, 6.45) is -0.342. The van der Waals surface area contributed by atoms with E-state index >= 15 is 0 Å². The van der Waals surface area contributed by atoms with Crippen molar-refractivity contribution >= 4 is 17.4 Å². The fourth-order valence-corrected chi connectivity index (χ4v) is 3.34. The van der Waals surface area contributed by atoms with Gasteiger partial charge in [-0.1, -0.05) is 0 Å². The maximum Gasteiger partial charge on any atom is 0.410 e. The summed E-state index contributed by atoms with van der Waals surface area (Å²) in [5, 5.41) is 6.65. The molecule has 0 aliphatic carbocycles. The minimum absolute atomic E-state index is 0.0512. The lowest BCUT2D eigenvalue weighted by Crippen LogP contribution is -2.42. The third kappa shape index (κ3) is 4.89. The predicted octanol–water partition coefficient (Wildman–Crippen LogP) is 2.74. The van der Waals surface area contributed by atoms with Crippen molar-refractivity contribution in [2.24, 2.45) is 0 Å². The van der Waals surface area contributed by atoms with Gasteiger partial charge in [0.1, 0.15) is 5.60 Å². The van der Waals surface area contributed by atoms with E-state index in [2.05, 4.69) is 22.6 Å². The Morgan fingerprint density at radius 3 is 2.70 bits per heavy atom. The van der Waals surface area contributed by atoms with Crippen LogP contribution in [-0.2, 0) is 9.47 Å². The number of hydrogen-bond donors (Lipinski definition) is 1. The van der Waals surface area contributed by atoms with Crippen LogP contribution in [0.25, 0.3) is 0 Å². The number of thiazole rings is 1.